The van der Waals surface area contributed by atoms with Crippen LogP contribution in [0.25, 0.3) is 20.9 Å². The number of sulfonamides is 2. The number of hydrogen-bond donors (Lipinski definition) is 4. The number of ether oxygens (including phenoxy) is 2. The maximum Gasteiger partial charge on any atom is 0.407 e. The van der Waals surface area contributed by atoms with Crippen molar-refractivity contribution in [3.8, 4) is 20.9 Å². The van der Waals surface area contributed by atoms with E-state index in [4.69, 9.17) is 30.9 Å². The van der Waals surface area contributed by atoms with Crippen LogP contribution in [0, 0.1) is 0 Å². The van der Waals surface area contributed by atoms with Gasteiger partial charge in [0.25, 0.3) is 0 Å². The van der Waals surface area contributed by atoms with Gasteiger partial charge in [-0.15, -0.1) is 22.7 Å². The number of rotatable bonds is 17. The molecule has 4 aromatic heterocycles. The Morgan fingerprint density at radius 3 is 1.56 bits per heavy atom. The zero-order chi connectivity index (χ0) is 51.8. The van der Waals surface area contributed by atoms with Crippen LogP contribution in [0.2, 0.25) is 0 Å². The molecule has 2 aromatic carbocycles. The van der Waals surface area contributed by atoms with Crippen molar-refractivity contribution in [2.45, 2.75) is 139 Å². The number of thiazole rings is 2. The predicted octanol–water partition coefficient (Wildman–Crippen LogP) is 9.90. The molecule has 5 N–H and O–H groups in total. The lowest BCUT2D eigenvalue weighted by molar-refractivity contribution is 0.109. The van der Waals surface area contributed by atoms with Gasteiger partial charge in [0.1, 0.15) is 12.5 Å². The summed E-state index contributed by atoms with van der Waals surface area (Å²) in [6.45, 7) is 9.84. The highest BCUT2D eigenvalue weighted by Crippen LogP contribution is 2.41. The number of oxazole rings is 2. The second-order valence-electron chi connectivity index (χ2n) is 17.4. The smallest absolute Gasteiger partial charge is 0.407 e. The van der Waals surface area contributed by atoms with Crippen molar-refractivity contribution in [3.05, 3.63) is 107 Å². The summed E-state index contributed by atoms with van der Waals surface area (Å²) in [5, 5.41) is 5.00. The molecule has 4 heterocycles. The van der Waals surface area contributed by atoms with Crippen LogP contribution in [0.15, 0.2) is 92.3 Å². The fourth-order valence-electron chi connectivity index (χ4n) is 8.35. The summed E-state index contributed by atoms with van der Waals surface area (Å²) in [6.07, 6.45) is 17.6. The van der Waals surface area contributed by atoms with Gasteiger partial charge in [-0.1, -0.05) is 38.1 Å². The lowest BCUT2D eigenvalue weighted by Gasteiger charge is -2.28. The van der Waals surface area contributed by atoms with E-state index in [0.29, 0.717) is 61.4 Å². The van der Waals surface area contributed by atoms with Crippen LogP contribution < -0.4 is 20.5 Å². The third-order valence-electron chi connectivity index (χ3n) is 11.7. The van der Waals surface area contributed by atoms with Crippen LogP contribution in [-0.4, -0.2) is 86.2 Å². The summed E-state index contributed by atoms with van der Waals surface area (Å²) >= 11 is 7.82. The molecule has 390 valence electrons. The monoisotopic (exact) mass is 1090 g/mol. The van der Waals surface area contributed by atoms with Gasteiger partial charge in [-0.3, -0.25) is 0 Å². The van der Waals surface area contributed by atoms with Crippen molar-refractivity contribution in [1.82, 2.24) is 34.7 Å². The second-order valence-corrected chi connectivity index (χ2v) is 23.3. The number of hydrogen-bond acceptors (Lipinski definition) is 17. The summed E-state index contributed by atoms with van der Waals surface area (Å²) < 4.78 is 77.2. The molecule has 0 aliphatic heterocycles. The predicted molar refractivity (Wildman–Crippen MR) is 277 cm³/mol. The van der Waals surface area contributed by atoms with Gasteiger partial charge in [0.15, 0.2) is 11.8 Å². The molecule has 72 heavy (non-hydrogen) atoms. The van der Waals surface area contributed by atoms with Crippen LogP contribution >= 0.6 is 34.3 Å². The maximum atomic E-state index is 13.1. The molecular formula is C49H63ClN8O10S4. The number of nitrogens with zero attached hydrogens (tertiary/aromatic N) is 4. The normalized spacial score (nSPS) is 18.1. The Labute approximate surface area is 434 Å². The van der Waals surface area contributed by atoms with Crippen molar-refractivity contribution in [3.63, 3.8) is 0 Å². The quantitative estimate of drug-likeness (QED) is 0.0619. The van der Waals surface area contributed by atoms with E-state index in [1.54, 1.807) is 69.0 Å². The average Bonchev–Trinajstić information content (AvgIpc) is 4.20. The third kappa shape index (κ3) is 16.2. The molecule has 6 aromatic rings. The molecular weight excluding hydrogens is 1020 g/mol. The molecule has 8 rings (SSSR count). The van der Waals surface area contributed by atoms with Crippen molar-refractivity contribution in [2.24, 2.45) is 5.73 Å². The minimum atomic E-state index is -3.71. The van der Waals surface area contributed by atoms with Gasteiger partial charge in [-0.2, -0.15) is 0 Å². The first-order valence-electron chi connectivity index (χ1n) is 24.0. The molecule has 2 fully saturated rings. The van der Waals surface area contributed by atoms with Crippen LogP contribution in [-0.2, 0) is 42.4 Å². The van der Waals surface area contributed by atoms with Gasteiger partial charge in [0, 0.05) is 85.0 Å². The molecule has 0 saturated heterocycles. The minimum absolute atomic E-state index is 0.0972. The number of carbonyl (C=O) groups excluding carboxylic acids is 2. The summed E-state index contributed by atoms with van der Waals surface area (Å²) in [5.74, 6) is 1.75. The molecule has 0 unspecified atom stereocenters. The number of nitrogens with two attached hydrogens (primary N) is 1. The molecule has 0 radical (unpaired) electrons. The van der Waals surface area contributed by atoms with E-state index in [2.05, 4.69) is 39.4 Å². The number of halogens is 1. The Kier molecular flexibility index (Phi) is 20.9. The number of alkyl carbamates (subject to hydrolysis) is 1. The van der Waals surface area contributed by atoms with E-state index in [-0.39, 0.29) is 40.0 Å². The molecule has 1 amide bonds. The van der Waals surface area contributed by atoms with Crippen LogP contribution in [0.3, 0.4) is 0 Å². The lowest BCUT2D eigenvalue weighted by Crippen LogP contribution is -2.38. The zero-order valence-corrected chi connectivity index (χ0v) is 45.0. The number of nitrogens with one attached hydrogen (secondary N) is 3. The summed E-state index contributed by atoms with van der Waals surface area (Å²) in [7, 11) is -7.36. The van der Waals surface area contributed by atoms with E-state index >= 15 is 0 Å². The fourth-order valence-corrected chi connectivity index (χ4v) is 13.5. The third-order valence-corrected chi connectivity index (χ3v) is 17.4. The van der Waals surface area contributed by atoms with Crippen molar-refractivity contribution in [1.29, 1.82) is 0 Å². The Morgan fingerprint density at radius 2 is 1.18 bits per heavy atom. The zero-order valence-electron chi connectivity index (χ0n) is 41.0. The van der Waals surface area contributed by atoms with Crippen LogP contribution in [0.1, 0.15) is 131 Å². The molecule has 2 aliphatic rings. The molecule has 18 nitrogen and oxygen atoms in total. The number of amides is 1. The first-order valence-corrected chi connectivity index (χ1v) is 28.9. The van der Waals surface area contributed by atoms with Gasteiger partial charge in [-0.05, 0) is 95.4 Å². The van der Waals surface area contributed by atoms with Gasteiger partial charge in [0.2, 0.25) is 20.0 Å². The van der Waals surface area contributed by atoms with Crippen LogP contribution in [0.4, 0.5) is 9.59 Å². The second kappa shape index (κ2) is 26.8. The van der Waals surface area contributed by atoms with Crippen LogP contribution in [0.5, 0.6) is 0 Å². The molecule has 0 spiro atoms. The van der Waals surface area contributed by atoms with Gasteiger partial charge >= 0.3 is 11.5 Å². The van der Waals surface area contributed by atoms with E-state index in [1.807, 2.05) is 38.1 Å². The van der Waals surface area contributed by atoms with E-state index in [0.717, 1.165) is 82.3 Å². The first kappa shape index (κ1) is 56.2. The highest BCUT2D eigenvalue weighted by atomic mass is 35.5. The Bertz CT molecular complexity index is 2880. The maximum absolute atomic E-state index is 13.1. The lowest BCUT2D eigenvalue weighted by atomic mass is 9.86. The summed E-state index contributed by atoms with van der Waals surface area (Å²) in [6, 6.07) is 11.3. The molecule has 2 saturated carbocycles. The molecule has 23 heteroatoms. The van der Waals surface area contributed by atoms with Crippen molar-refractivity contribution >= 4 is 65.8 Å². The SMILES string of the molecule is CCNS(=O)(=O)c1cc(Cc2ncco2)ccc1-c1cnc(C2CCC(N)CC2)s1.CCNS(=O)(=O)c1cc(Cc2ncco2)ccc1-c1cnc(C2CCC(NC(=O)OC(C)C)CC2)s1.CCOC(=O)Cl. The van der Waals surface area contributed by atoms with Crippen molar-refractivity contribution in [2.75, 3.05) is 19.7 Å². The highest BCUT2D eigenvalue weighted by molar-refractivity contribution is 7.90. The van der Waals surface area contributed by atoms with E-state index in [1.165, 1.54) is 23.9 Å². The largest absolute Gasteiger partial charge is 0.454 e. The Hall–Kier alpha value is -5.07. The van der Waals surface area contributed by atoms with Gasteiger partial charge < -0.3 is 29.4 Å². The topological polar surface area (TPSA) is 261 Å². The van der Waals surface area contributed by atoms with Crippen molar-refractivity contribution < 1.29 is 44.7 Å². The summed E-state index contributed by atoms with van der Waals surface area (Å²) in [5.41, 5.74) is 8.21. The van der Waals surface area contributed by atoms with Gasteiger partial charge in [0.05, 0.1) is 54.7 Å². The molecule has 2 aliphatic carbocycles. The fraction of sp³-hybridized carbons (Fsp3) is 0.469. The average molecular weight is 1090 g/mol. The number of benzene rings is 2. The first-order chi connectivity index (χ1) is 34.5. The van der Waals surface area contributed by atoms with Gasteiger partial charge in [-0.25, -0.2) is 55.8 Å². The summed E-state index contributed by atoms with van der Waals surface area (Å²) in [4.78, 5) is 41.2. The Balaban J connectivity index is 0.000000214. The van der Waals surface area contributed by atoms with E-state index in [9.17, 15) is 26.4 Å². The standard InChI is InChI=1S/C25H32N4O5S2.C21H26N4O3S2.C3H5ClO2/c1-4-28-36(31,32)22-13-17(14-23-26-11-12-33-23)5-10-20(22)21-15-27-24(35-21)18-6-8-19(9-7-18)29-25(30)34-16(2)3;1-2-25-30(26,27)19-11-14(12-20-23-9-10-28-20)3-8-17(19)18-13-24-21(29-18)15-4-6-16(22)7-5-15;1-2-6-3(4)5/h5,10-13,15-16,18-19,28H,4,6-9,14H2,1-3H3,(H,29,30);3,8-11,13,15-16,25H,2,4-7,12,22H2,1H3;2H2,1H3. The highest BCUT2D eigenvalue weighted by Gasteiger charge is 2.29. The Morgan fingerprint density at radius 1 is 0.722 bits per heavy atom. The molecule has 0 bridgehead atoms. The van der Waals surface area contributed by atoms with E-state index < -0.39 is 25.5 Å². The number of aromatic nitrogens is 4. The molecule has 0 atom stereocenters. The minimum Gasteiger partial charge on any atom is -0.454 e. The number of carbonyl (C=O) groups is 2.